The van der Waals surface area contributed by atoms with E-state index in [1.807, 2.05) is 0 Å². The highest BCUT2D eigenvalue weighted by Crippen LogP contribution is 2.13. The Morgan fingerprint density at radius 3 is 1.46 bits per heavy atom. The molecule has 0 aliphatic heterocycles. The summed E-state index contributed by atoms with van der Waals surface area (Å²) in [5.74, 6) is 0. The van der Waals surface area contributed by atoms with Crippen LogP contribution in [0.1, 0.15) is 130 Å². The van der Waals surface area contributed by atoms with Crippen molar-refractivity contribution in [2.45, 2.75) is 136 Å². The number of hydrogen-bond acceptors (Lipinski definition) is 0. The van der Waals surface area contributed by atoms with E-state index in [2.05, 4.69) is 48.6 Å². The molecule has 0 aliphatic carbocycles. The van der Waals surface area contributed by atoms with Crippen LogP contribution in [-0.2, 0) is 6.54 Å². The monoisotopic (exact) mass is 363 g/mol. The van der Waals surface area contributed by atoms with E-state index in [1.165, 1.54) is 109 Å². The third-order valence-corrected chi connectivity index (χ3v) is 5.58. The summed E-state index contributed by atoms with van der Waals surface area (Å²) in [4.78, 5) is 0. The smallest absolute Gasteiger partial charge is 0.237 e. The van der Waals surface area contributed by atoms with E-state index in [0.717, 1.165) is 0 Å². The minimum atomic E-state index is 0.571. The van der Waals surface area contributed by atoms with Crippen LogP contribution < -0.4 is 4.57 Å². The SMILES string of the molecule is CCCCCCCCCCCCCCCCCC[n+]1ccn(C(C)C)c1. The van der Waals surface area contributed by atoms with Crippen molar-refractivity contribution in [2.75, 3.05) is 0 Å². The van der Waals surface area contributed by atoms with Crippen molar-refractivity contribution >= 4 is 0 Å². The minimum absolute atomic E-state index is 0.571. The molecule has 1 aromatic heterocycles. The minimum Gasteiger partial charge on any atom is -0.237 e. The number of hydrogen-bond donors (Lipinski definition) is 0. The van der Waals surface area contributed by atoms with Crippen LogP contribution in [0, 0.1) is 0 Å². The van der Waals surface area contributed by atoms with E-state index >= 15 is 0 Å². The number of aryl methyl sites for hydroxylation is 1. The molecule has 0 unspecified atom stereocenters. The van der Waals surface area contributed by atoms with Gasteiger partial charge in [0, 0.05) is 0 Å². The summed E-state index contributed by atoms with van der Waals surface area (Å²) in [5.41, 5.74) is 0. The van der Waals surface area contributed by atoms with Crippen LogP contribution in [0.4, 0.5) is 0 Å². The van der Waals surface area contributed by atoms with E-state index in [0.29, 0.717) is 6.04 Å². The van der Waals surface area contributed by atoms with Gasteiger partial charge in [0.15, 0.2) is 0 Å². The maximum Gasteiger partial charge on any atom is 0.243 e. The van der Waals surface area contributed by atoms with Crippen LogP contribution in [0.5, 0.6) is 0 Å². The van der Waals surface area contributed by atoms with Gasteiger partial charge in [-0.05, 0) is 26.7 Å². The Morgan fingerprint density at radius 1 is 0.654 bits per heavy atom. The second-order valence-corrected chi connectivity index (χ2v) is 8.50. The second-order valence-electron chi connectivity index (χ2n) is 8.50. The van der Waals surface area contributed by atoms with Gasteiger partial charge in [0.25, 0.3) is 0 Å². The highest BCUT2D eigenvalue weighted by Gasteiger charge is 2.06. The first-order valence-electron chi connectivity index (χ1n) is 11.8. The highest BCUT2D eigenvalue weighted by molar-refractivity contribution is 4.69. The molecule has 0 aliphatic rings. The normalized spacial score (nSPS) is 11.5. The van der Waals surface area contributed by atoms with Crippen LogP contribution >= 0.6 is 0 Å². The molecule has 0 aromatic carbocycles. The standard InChI is InChI=1S/C24H47N2/c1-4-5-6-7-8-9-10-11-12-13-14-15-16-17-18-19-20-25-21-22-26(23-25)24(2)3/h21-24H,4-20H2,1-3H3/q+1. The van der Waals surface area contributed by atoms with E-state index < -0.39 is 0 Å². The van der Waals surface area contributed by atoms with Crippen LogP contribution in [0.2, 0.25) is 0 Å². The van der Waals surface area contributed by atoms with Gasteiger partial charge in [-0.15, -0.1) is 0 Å². The number of unbranched alkanes of at least 4 members (excludes halogenated alkanes) is 15. The second kappa shape index (κ2) is 16.4. The molecule has 152 valence electrons. The quantitative estimate of drug-likeness (QED) is 0.187. The maximum absolute atomic E-state index is 2.34. The van der Waals surface area contributed by atoms with E-state index in [-0.39, 0.29) is 0 Å². The summed E-state index contributed by atoms with van der Waals surface area (Å²) in [5, 5.41) is 0. The molecule has 1 aromatic rings. The van der Waals surface area contributed by atoms with Gasteiger partial charge in [-0.1, -0.05) is 96.8 Å². The number of aromatic nitrogens is 2. The van der Waals surface area contributed by atoms with Crippen LogP contribution in [-0.4, -0.2) is 4.57 Å². The Labute approximate surface area is 164 Å². The van der Waals surface area contributed by atoms with Gasteiger partial charge in [0.1, 0.15) is 12.4 Å². The fraction of sp³-hybridized carbons (Fsp3) is 0.875. The molecule has 0 atom stereocenters. The van der Waals surface area contributed by atoms with Crippen molar-refractivity contribution in [3.63, 3.8) is 0 Å². The fourth-order valence-corrected chi connectivity index (χ4v) is 3.69. The summed E-state index contributed by atoms with van der Waals surface area (Å²) in [7, 11) is 0. The molecule has 2 nitrogen and oxygen atoms in total. The number of imidazole rings is 1. The van der Waals surface area contributed by atoms with Crippen molar-refractivity contribution in [2.24, 2.45) is 0 Å². The van der Waals surface area contributed by atoms with Gasteiger partial charge in [-0.25, -0.2) is 9.13 Å². The summed E-state index contributed by atoms with van der Waals surface area (Å²) in [6.45, 7) is 7.95. The van der Waals surface area contributed by atoms with Gasteiger partial charge < -0.3 is 0 Å². The van der Waals surface area contributed by atoms with Crippen molar-refractivity contribution in [1.29, 1.82) is 0 Å². The summed E-state index contributed by atoms with van der Waals surface area (Å²) in [6.07, 6.45) is 29.7. The first kappa shape index (κ1) is 23.2. The number of nitrogens with zero attached hydrogens (tertiary/aromatic N) is 2. The molecule has 0 fully saturated rings. The van der Waals surface area contributed by atoms with Gasteiger partial charge in [-0.2, -0.15) is 0 Å². The predicted octanol–water partition coefficient (Wildman–Crippen LogP) is 7.62. The molecule has 2 heteroatoms. The topological polar surface area (TPSA) is 8.81 Å². The summed E-state index contributed by atoms with van der Waals surface area (Å²) < 4.78 is 4.62. The Balaban J connectivity index is 1.77. The van der Waals surface area contributed by atoms with Gasteiger partial charge in [-0.3, -0.25) is 0 Å². The third-order valence-electron chi connectivity index (χ3n) is 5.58. The average Bonchev–Trinajstić information content (AvgIpc) is 3.10. The van der Waals surface area contributed by atoms with E-state index in [9.17, 15) is 0 Å². The molecular weight excluding hydrogens is 316 g/mol. The van der Waals surface area contributed by atoms with Crippen molar-refractivity contribution in [3.8, 4) is 0 Å². The lowest BCUT2D eigenvalue weighted by atomic mass is 10.0. The largest absolute Gasteiger partial charge is 0.243 e. The summed E-state index contributed by atoms with van der Waals surface area (Å²) >= 11 is 0. The predicted molar refractivity (Wildman–Crippen MR) is 115 cm³/mol. The van der Waals surface area contributed by atoms with Crippen molar-refractivity contribution in [3.05, 3.63) is 18.7 Å². The lowest BCUT2D eigenvalue weighted by Crippen LogP contribution is -2.31. The Kier molecular flexibility index (Phi) is 14.7. The van der Waals surface area contributed by atoms with Gasteiger partial charge in [0.05, 0.1) is 12.6 Å². The molecule has 26 heavy (non-hydrogen) atoms. The Bertz CT molecular complexity index is 408. The highest BCUT2D eigenvalue weighted by atomic mass is 15.1. The van der Waals surface area contributed by atoms with Gasteiger partial charge >= 0.3 is 0 Å². The first-order valence-corrected chi connectivity index (χ1v) is 11.8. The Hall–Kier alpha value is -0.790. The molecule has 0 amide bonds. The molecular formula is C24H47N2+. The zero-order valence-corrected chi connectivity index (χ0v) is 18.2. The van der Waals surface area contributed by atoms with Crippen LogP contribution in [0.15, 0.2) is 18.7 Å². The maximum atomic E-state index is 2.34. The lowest BCUT2D eigenvalue weighted by molar-refractivity contribution is -0.697. The fourth-order valence-electron chi connectivity index (χ4n) is 3.69. The van der Waals surface area contributed by atoms with E-state index in [1.54, 1.807) is 0 Å². The lowest BCUT2D eigenvalue weighted by Gasteiger charge is -2.03. The molecule has 1 heterocycles. The molecule has 1 rings (SSSR count). The first-order chi connectivity index (χ1) is 12.7. The molecule has 0 radical (unpaired) electrons. The number of rotatable bonds is 18. The zero-order valence-electron chi connectivity index (χ0n) is 18.2. The van der Waals surface area contributed by atoms with Crippen LogP contribution in [0.25, 0.3) is 0 Å². The third kappa shape index (κ3) is 12.5. The molecule has 0 saturated carbocycles. The van der Waals surface area contributed by atoms with Gasteiger partial charge in [0.2, 0.25) is 6.33 Å². The zero-order chi connectivity index (χ0) is 18.9. The molecule has 0 saturated heterocycles. The van der Waals surface area contributed by atoms with Crippen molar-refractivity contribution in [1.82, 2.24) is 4.57 Å². The molecule has 0 spiro atoms. The van der Waals surface area contributed by atoms with Crippen molar-refractivity contribution < 1.29 is 4.57 Å². The molecule has 0 N–H and O–H groups in total. The average molecular weight is 364 g/mol. The summed E-state index contributed by atoms with van der Waals surface area (Å²) in [6, 6.07) is 0.571. The van der Waals surface area contributed by atoms with Crippen LogP contribution in [0.3, 0.4) is 0 Å². The van der Waals surface area contributed by atoms with E-state index in [4.69, 9.17) is 0 Å². The molecule has 0 bridgehead atoms. The Morgan fingerprint density at radius 2 is 1.08 bits per heavy atom.